The van der Waals surface area contributed by atoms with E-state index in [9.17, 15) is 0 Å². The highest BCUT2D eigenvalue weighted by Crippen LogP contribution is 2.43. The van der Waals surface area contributed by atoms with Crippen LogP contribution in [0.4, 0.5) is 0 Å². The molecule has 0 saturated carbocycles. The summed E-state index contributed by atoms with van der Waals surface area (Å²) >= 11 is 0. The van der Waals surface area contributed by atoms with Gasteiger partial charge in [-0.3, -0.25) is 0 Å². The lowest BCUT2D eigenvalue weighted by molar-refractivity contribution is 0.669. The van der Waals surface area contributed by atoms with Crippen molar-refractivity contribution in [3.05, 3.63) is 176 Å². The second kappa shape index (κ2) is 11.0. The van der Waals surface area contributed by atoms with Crippen LogP contribution in [0.2, 0.25) is 0 Å². The van der Waals surface area contributed by atoms with Crippen molar-refractivity contribution in [3.63, 3.8) is 0 Å². The molecule has 0 unspecified atom stereocenters. The molecule has 8 aromatic carbocycles. The summed E-state index contributed by atoms with van der Waals surface area (Å²) in [5.74, 6) is 0. The molecular weight excluding hydrogens is 595 g/mol. The molecule has 0 aliphatic carbocycles. The molecule has 0 aliphatic heterocycles. The molecule has 10 aromatic rings. The highest BCUT2D eigenvalue weighted by atomic mass is 16.3. The lowest BCUT2D eigenvalue weighted by atomic mass is 9.92. The number of aromatic nitrogens is 1. The minimum atomic E-state index is 0.877. The molecule has 0 amide bonds. The van der Waals surface area contributed by atoms with Gasteiger partial charge < -0.3 is 4.42 Å². The van der Waals surface area contributed by atoms with Gasteiger partial charge in [-0.05, 0) is 98.8 Å². The number of hydrogen-bond acceptors (Lipinski definition) is 2. The Morgan fingerprint density at radius 3 is 1.69 bits per heavy atom. The predicted molar refractivity (Wildman–Crippen MR) is 206 cm³/mol. The number of para-hydroxylation sites is 1. The largest absolute Gasteiger partial charge is 0.456 e. The van der Waals surface area contributed by atoms with Crippen LogP contribution < -0.4 is 0 Å². The van der Waals surface area contributed by atoms with E-state index in [0.717, 1.165) is 55.0 Å². The molecule has 2 aromatic heterocycles. The average Bonchev–Trinajstić information content (AvgIpc) is 3.56. The lowest BCUT2D eigenvalue weighted by Gasteiger charge is -2.12. The molecule has 10 rings (SSSR count). The summed E-state index contributed by atoms with van der Waals surface area (Å²) in [6.07, 6.45) is 0. The van der Waals surface area contributed by atoms with Crippen molar-refractivity contribution in [1.29, 1.82) is 0 Å². The second-order valence-corrected chi connectivity index (χ2v) is 12.7. The predicted octanol–water partition coefficient (Wildman–Crippen LogP) is 13.1. The highest BCUT2D eigenvalue weighted by molar-refractivity contribution is 6.28. The van der Waals surface area contributed by atoms with Crippen molar-refractivity contribution in [3.8, 4) is 44.6 Å². The van der Waals surface area contributed by atoms with Crippen LogP contribution in [0.5, 0.6) is 0 Å². The molecule has 2 heteroatoms. The first kappa shape index (κ1) is 27.6. The monoisotopic (exact) mass is 623 g/mol. The summed E-state index contributed by atoms with van der Waals surface area (Å²) in [5.41, 5.74) is 11.9. The Morgan fingerprint density at radius 1 is 0.327 bits per heavy atom. The van der Waals surface area contributed by atoms with Crippen molar-refractivity contribution in [2.45, 2.75) is 0 Å². The number of nitrogens with zero attached hydrogens (tertiary/aromatic N) is 1. The highest BCUT2D eigenvalue weighted by Gasteiger charge is 2.18. The van der Waals surface area contributed by atoms with E-state index in [0.29, 0.717) is 0 Å². The first-order chi connectivity index (χ1) is 24.3. The lowest BCUT2D eigenvalue weighted by Crippen LogP contribution is -1.90. The van der Waals surface area contributed by atoms with Crippen LogP contribution >= 0.6 is 0 Å². The molecular formula is C47H29NO. The van der Waals surface area contributed by atoms with Gasteiger partial charge in [-0.15, -0.1) is 0 Å². The standard InChI is InChI=1S/C47H29NO/c1-3-11-30(12-4-1)36-26-37(31-13-5-2-6-14-31)28-38(27-36)34-21-23-43-41(29-34)46-44(49-43)24-22-40-45(46)39-17-9-10-18-42(39)48-47(40)35-20-19-32-15-7-8-16-33(32)25-35/h1-29H. The fourth-order valence-electron chi connectivity index (χ4n) is 7.43. The van der Waals surface area contributed by atoms with Crippen LogP contribution in [-0.2, 0) is 0 Å². The third-order valence-corrected chi connectivity index (χ3v) is 9.80. The summed E-state index contributed by atoms with van der Waals surface area (Å²) in [4.78, 5) is 5.26. The second-order valence-electron chi connectivity index (χ2n) is 12.7. The van der Waals surface area contributed by atoms with Crippen LogP contribution in [0.1, 0.15) is 0 Å². The SMILES string of the molecule is c1ccc(-c2cc(-c3ccccc3)cc(-c3ccc4oc5ccc6c(-c7ccc8ccccc8c7)nc7ccccc7c6c5c4c3)c2)cc1. The fourth-order valence-corrected chi connectivity index (χ4v) is 7.43. The van der Waals surface area contributed by atoms with E-state index >= 15 is 0 Å². The zero-order valence-corrected chi connectivity index (χ0v) is 26.6. The zero-order valence-electron chi connectivity index (χ0n) is 26.6. The minimum Gasteiger partial charge on any atom is -0.456 e. The zero-order chi connectivity index (χ0) is 32.3. The molecule has 0 bridgehead atoms. The van der Waals surface area contributed by atoms with Gasteiger partial charge in [0.05, 0.1) is 11.2 Å². The van der Waals surface area contributed by atoms with Gasteiger partial charge in [0.2, 0.25) is 0 Å². The third kappa shape index (κ3) is 4.61. The van der Waals surface area contributed by atoms with Crippen molar-refractivity contribution in [1.82, 2.24) is 4.98 Å². The topological polar surface area (TPSA) is 26.0 Å². The molecule has 0 radical (unpaired) electrons. The van der Waals surface area contributed by atoms with Crippen LogP contribution in [0, 0.1) is 0 Å². The van der Waals surface area contributed by atoms with Gasteiger partial charge in [0.25, 0.3) is 0 Å². The molecule has 0 aliphatic rings. The summed E-state index contributed by atoms with van der Waals surface area (Å²) in [6, 6.07) is 62.7. The maximum absolute atomic E-state index is 6.57. The molecule has 0 atom stereocenters. The molecule has 0 saturated heterocycles. The van der Waals surface area contributed by atoms with E-state index in [2.05, 4.69) is 176 Å². The van der Waals surface area contributed by atoms with Crippen LogP contribution in [0.3, 0.4) is 0 Å². The Hall–Kier alpha value is -6.51. The van der Waals surface area contributed by atoms with Gasteiger partial charge in [0.15, 0.2) is 0 Å². The van der Waals surface area contributed by atoms with E-state index in [4.69, 9.17) is 9.40 Å². The van der Waals surface area contributed by atoms with E-state index in [1.165, 1.54) is 44.0 Å². The van der Waals surface area contributed by atoms with Gasteiger partial charge in [0.1, 0.15) is 11.2 Å². The normalized spacial score (nSPS) is 11.7. The number of benzene rings is 8. The Kier molecular flexibility index (Phi) is 6.22. The number of furan rings is 1. The summed E-state index contributed by atoms with van der Waals surface area (Å²) in [7, 11) is 0. The van der Waals surface area contributed by atoms with E-state index in [-0.39, 0.29) is 0 Å². The Bertz CT molecular complexity index is 2810. The molecule has 2 nitrogen and oxygen atoms in total. The third-order valence-electron chi connectivity index (χ3n) is 9.80. The molecule has 49 heavy (non-hydrogen) atoms. The molecule has 0 spiro atoms. The number of fused-ring (bicyclic) bond motifs is 8. The van der Waals surface area contributed by atoms with Gasteiger partial charge in [0, 0.05) is 32.5 Å². The number of rotatable bonds is 4. The van der Waals surface area contributed by atoms with Crippen molar-refractivity contribution in [2.24, 2.45) is 0 Å². The van der Waals surface area contributed by atoms with E-state index in [1.54, 1.807) is 0 Å². The first-order valence-electron chi connectivity index (χ1n) is 16.7. The van der Waals surface area contributed by atoms with E-state index in [1.807, 2.05) is 0 Å². The minimum absolute atomic E-state index is 0.877. The summed E-state index contributed by atoms with van der Waals surface area (Å²) in [6.45, 7) is 0. The molecule has 0 fully saturated rings. The molecule has 0 N–H and O–H groups in total. The van der Waals surface area contributed by atoms with Crippen molar-refractivity contribution < 1.29 is 4.42 Å². The van der Waals surface area contributed by atoms with E-state index < -0.39 is 0 Å². The van der Waals surface area contributed by atoms with Crippen LogP contribution in [0.25, 0.3) is 99.0 Å². The van der Waals surface area contributed by atoms with Crippen molar-refractivity contribution >= 4 is 54.4 Å². The summed E-state index contributed by atoms with van der Waals surface area (Å²) < 4.78 is 6.57. The Morgan fingerprint density at radius 2 is 0.939 bits per heavy atom. The number of pyridine rings is 1. The maximum Gasteiger partial charge on any atom is 0.136 e. The Balaban J connectivity index is 1.24. The molecule has 2 heterocycles. The average molecular weight is 624 g/mol. The first-order valence-corrected chi connectivity index (χ1v) is 16.7. The summed E-state index contributed by atoms with van der Waals surface area (Å²) in [5, 5.41) is 8.06. The van der Waals surface area contributed by atoms with Crippen LogP contribution in [-0.4, -0.2) is 4.98 Å². The van der Waals surface area contributed by atoms with Crippen molar-refractivity contribution in [2.75, 3.05) is 0 Å². The fraction of sp³-hybridized carbons (Fsp3) is 0. The van der Waals surface area contributed by atoms with Gasteiger partial charge in [-0.25, -0.2) is 4.98 Å². The Labute approximate surface area is 283 Å². The number of hydrogen-bond donors (Lipinski definition) is 0. The smallest absolute Gasteiger partial charge is 0.136 e. The maximum atomic E-state index is 6.57. The van der Waals surface area contributed by atoms with Gasteiger partial charge in [-0.2, -0.15) is 0 Å². The van der Waals surface area contributed by atoms with Gasteiger partial charge >= 0.3 is 0 Å². The quantitative estimate of drug-likeness (QED) is 0.182. The molecule has 228 valence electrons. The van der Waals surface area contributed by atoms with Gasteiger partial charge in [-0.1, -0.05) is 121 Å². The van der Waals surface area contributed by atoms with Crippen LogP contribution in [0.15, 0.2) is 180 Å².